The van der Waals surface area contributed by atoms with Gasteiger partial charge in [0.25, 0.3) is 0 Å². The van der Waals surface area contributed by atoms with Gasteiger partial charge in [-0.1, -0.05) is 0 Å². The van der Waals surface area contributed by atoms with E-state index in [2.05, 4.69) is 11.9 Å². The first-order valence-electron chi connectivity index (χ1n) is 1.56. The number of hydrogen-bond acceptors (Lipinski definition) is 0. The molecule has 0 N–H and O–H groups in total. The summed E-state index contributed by atoms with van der Waals surface area (Å²) < 4.78 is 1.49. The number of rotatable bonds is 1. The molecule has 2 radical (unpaired) electrons. The van der Waals surface area contributed by atoms with Crippen LogP contribution in [-0.2, 0) is 0 Å². The van der Waals surface area contributed by atoms with Crippen LogP contribution >= 0.6 is 0 Å². The molecule has 24 valence electrons. The van der Waals surface area contributed by atoms with Crippen LogP contribution in [0.4, 0.5) is 0 Å². The molecule has 0 heterocycles. The van der Waals surface area contributed by atoms with Gasteiger partial charge >= 0.3 is 37.4 Å². The second kappa shape index (κ2) is 3.80. The van der Waals surface area contributed by atoms with E-state index in [0.29, 0.717) is 0 Å². The Labute approximate surface area is 37.8 Å². The third kappa shape index (κ3) is 2.80. The van der Waals surface area contributed by atoms with Crippen LogP contribution in [0.5, 0.6) is 0 Å². The van der Waals surface area contributed by atoms with Crippen LogP contribution in [0.1, 0.15) is 6.92 Å². The maximum atomic E-state index is 2.35. The van der Waals surface area contributed by atoms with Gasteiger partial charge in [0.1, 0.15) is 0 Å². The van der Waals surface area contributed by atoms with E-state index >= 15 is 0 Å². The van der Waals surface area contributed by atoms with Gasteiger partial charge in [0, 0.05) is 0 Å². The van der Waals surface area contributed by atoms with Gasteiger partial charge < -0.3 is 0 Å². The average molecular weight is 163 g/mol. The van der Waals surface area contributed by atoms with Crippen LogP contribution in [0.2, 0.25) is 9.38 Å². The first-order chi connectivity index (χ1) is 1.91. The Morgan fingerprint density at radius 1 is 1.75 bits per heavy atom. The Hall–Kier alpha value is 0.799. The Kier molecular flexibility index (Phi) is 4.56. The van der Waals surface area contributed by atoms with Gasteiger partial charge in [-0.2, -0.15) is 0 Å². The minimum absolute atomic E-state index is 0.224. The zero-order valence-electron chi connectivity index (χ0n) is 3.21. The molecule has 1 heteroatoms. The fourth-order valence-electron chi connectivity index (χ4n) is 0. The molecule has 0 aromatic carbocycles. The van der Waals surface area contributed by atoms with Crippen LogP contribution in [-0.4, -0.2) is 21.1 Å². The van der Waals surface area contributed by atoms with E-state index < -0.39 is 0 Å². The van der Waals surface area contributed by atoms with Crippen molar-refractivity contribution in [3.8, 4) is 0 Å². The van der Waals surface area contributed by atoms with Crippen molar-refractivity contribution in [1.29, 1.82) is 0 Å². The fourth-order valence-corrected chi connectivity index (χ4v) is 0. The quantitative estimate of drug-likeness (QED) is 0.509. The molecule has 0 saturated carbocycles. The Balaban J connectivity index is 1.97. The summed E-state index contributed by atoms with van der Waals surface area (Å²) in [7, 11) is 0. The maximum absolute atomic E-state index is 2.35. The summed E-state index contributed by atoms with van der Waals surface area (Å²) in [5.74, 6) is 0. The number of hydrogen-bond donors (Lipinski definition) is 0. The molecule has 4 heavy (non-hydrogen) atoms. The predicted molar refractivity (Wildman–Crippen MR) is 22.1 cm³/mol. The summed E-state index contributed by atoms with van der Waals surface area (Å²) in [5.41, 5.74) is 0. The summed E-state index contributed by atoms with van der Waals surface area (Å²) >= 11 is 0.224. The Morgan fingerprint density at radius 2 is 2.00 bits per heavy atom. The Morgan fingerprint density at radius 3 is 2.00 bits per heavy atom. The zero-order chi connectivity index (χ0) is 3.41. The predicted octanol–water partition coefficient (Wildman–Crippen LogP) is 1.18. The van der Waals surface area contributed by atoms with Crippen molar-refractivity contribution < 1.29 is 0 Å². The molecule has 0 amide bonds. The van der Waals surface area contributed by atoms with Crippen molar-refractivity contribution >= 4 is 21.1 Å². The van der Waals surface area contributed by atoms with Gasteiger partial charge in [0.05, 0.1) is 0 Å². The van der Waals surface area contributed by atoms with E-state index in [-0.39, 0.29) is 21.1 Å². The van der Waals surface area contributed by atoms with Crippen LogP contribution in [0.25, 0.3) is 0 Å². The molecule has 0 spiro atoms. The second-order valence-electron chi connectivity index (χ2n) is 0.707. The van der Waals surface area contributed by atoms with E-state index in [9.17, 15) is 0 Å². The van der Waals surface area contributed by atoms with E-state index in [0.717, 1.165) is 0 Å². The molecule has 0 aliphatic heterocycles. The first-order valence-corrected chi connectivity index (χ1v) is 6.43. The third-order valence-electron chi connectivity index (χ3n) is 0.354. The van der Waals surface area contributed by atoms with Gasteiger partial charge in [-0.3, -0.25) is 0 Å². The monoisotopic (exact) mass is 163 g/mol. The normalized spacial score (nSPS) is 7.50. The standard InChI is InChI=1S/C2H5.CH3.Sn/c1-2;;/h1H2,2H3;1H3;/i;;1+0. The van der Waals surface area contributed by atoms with Crippen LogP contribution in [0, 0.1) is 0 Å². The molecule has 0 aliphatic carbocycles. The van der Waals surface area contributed by atoms with E-state index in [1.54, 1.807) is 0 Å². The molecular formula is C3H8Sn. The molecule has 0 aliphatic rings. The van der Waals surface area contributed by atoms with Gasteiger partial charge in [0.15, 0.2) is 0 Å². The summed E-state index contributed by atoms with van der Waals surface area (Å²) in [5, 5.41) is 0. The van der Waals surface area contributed by atoms with Crippen LogP contribution < -0.4 is 0 Å². The summed E-state index contributed by atoms with van der Waals surface area (Å²) in [6.07, 6.45) is 0. The van der Waals surface area contributed by atoms with Gasteiger partial charge in [-0.25, -0.2) is 0 Å². The molecule has 0 aromatic heterocycles. The van der Waals surface area contributed by atoms with E-state index in [4.69, 9.17) is 0 Å². The SMILES string of the molecule is C[CH2][119Sn][CH3]. The molecule has 0 atom stereocenters. The van der Waals surface area contributed by atoms with Crippen molar-refractivity contribution in [1.82, 2.24) is 0 Å². The fraction of sp³-hybridized carbons (Fsp3) is 1.00. The summed E-state index contributed by atoms with van der Waals surface area (Å²) in [6, 6.07) is 0. The molecule has 0 bridgehead atoms. The second-order valence-corrected chi connectivity index (χ2v) is 4.74. The van der Waals surface area contributed by atoms with Gasteiger partial charge in [-0.05, 0) is 0 Å². The molecule has 0 unspecified atom stereocenters. The topological polar surface area (TPSA) is 0 Å². The molecule has 0 nitrogen and oxygen atoms in total. The third-order valence-corrected chi connectivity index (χ3v) is 2.37. The molecule has 0 aromatic rings. The van der Waals surface area contributed by atoms with Gasteiger partial charge in [-0.15, -0.1) is 0 Å². The van der Waals surface area contributed by atoms with Crippen molar-refractivity contribution in [3.63, 3.8) is 0 Å². The molecule has 0 rings (SSSR count). The minimum atomic E-state index is 0.224. The molecule has 0 saturated heterocycles. The zero-order valence-corrected chi connectivity index (χ0v) is 6.06. The van der Waals surface area contributed by atoms with Gasteiger partial charge in [0.2, 0.25) is 0 Å². The Bertz CT molecular complexity index is 5.25. The van der Waals surface area contributed by atoms with E-state index in [1.807, 2.05) is 0 Å². The van der Waals surface area contributed by atoms with Crippen LogP contribution in [0.3, 0.4) is 0 Å². The average Bonchev–Trinajstić information content (AvgIpc) is 1.37. The van der Waals surface area contributed by atoms with E-state index in [1.165, 1.54) is 4.44 Å². The first kappa shape index (κ1) is 4.80. The molecular weight excluding hydrogens is 155 g/mol. The van der Waals surface area contributed by atoms with Crippen molar-refractivity contribution in [2.24, 2.45) is 0 Å². The van der Waals surface area contributed by atoms with Crippen molar-refractivity contribution in [3.05, 3.63) is 0 Å². The van der Waals surface area contributed by atoms with Crippen molar-refractivity contribution in [2.75, 3.05) is 0 Å². The van der Waals surface area contributed by atoms with Crippen LogP contribution in [0.15, 0.2) is 0 Å². The molecule has 0 fully saturated rings. The van der Waals surface area contributed by atoms with Crippen molar-refractivity contribution in [2.45, 2.75) is 16.3 Å². The summed E-state index contributed by atoms with van der Waals surface area (Å²) in [4.78, 5) is 2.35. The summed E-state index contributed by atoms with van der Waals surface area (Å²) in [6.45, 7) is 2.26.